The molecule has 1 unspecified atom stereocenters. The van der Waals surface area contributed by atoms with E-state index in [1.165, 1.54) is 47.1 Å². The summed E-state index contributed by atoms with van der Waals surface area (Å²) in [4.78, 5) is 0. The molecule has 0 saturated carbocycles. The zero-order valence-corrected chi connectivity index (χ0v) is 13.1. The first kappa shape index (κ1) is 14.2. The van der Waals surface area contributed by atoms with Gasteiger partial charge in [0, 0.05) is 0 Å². The highest BCUT2D eigenvalue weighted by molar-refractivity contribution is 5.44. The molecule has 0 amide bonds. The van der Waals surface area contributed by atoms with E-state index in [4.69, 9.17) is 4.74 Å². The lowest BCUT2D eigenvalue weighted by atomic mass is 9.95. The van der Waals surface area contributed by atoms with E-state index in [1.54, 1.807) is 7.11 Å². The van der Waals surface area contributed by atoms with Crippen molar-refractivity contribution in [3.8, 4) is 5.75 Å². The van der Waals surface area contributed by atoms with Crippen molar-refractivity contribution in [1.29, 1.82) is 0 Å². The van der Waals surface area contributed by atoms with Gasteiger partial charge in [0.1, 0.15) is 5.75 Å². The van der Waals surface area contributed by atoms with Crippen LogP contribution in [0.15, 0.2) is 36.4 Å². The first-order valence-corrected chi connectivity index (χ1v) is 7.66. The minimum atomic E-state index is 0.213. The molecule has 2 nitrogen and oxygen atoms in total. The van der Waals surface area contributed by atoms with Crippen molar-refractivity contribution in [1.82, 2.24) is 5.32 Å². The van der Waals surface area contributed by atoms with Crippen LogP contribution in [0.25, 0.3) is 0 Å². The van der Waals surface area contributed by atoms with Gasteiger partial charge >= 0.3 is 0 Å². The van der Waals surface area contributed by atoms with Crippen molar-refractivity contribution >= 4 is 0 Å². The summed E-state index contributed by atoms with van der Waals surface area (Å²) in [5.41, 5.74) is 6.80. The SMILES string of the molecule is CNC(c1ccc2c(c1)CCC2)c1ccc(C)c(OC)c1. The fourth-order valence-corrected chi connectivity index (χ4v) is 3.31. The van der Waals surface area contributed by atoms with Crippen LogP contribution >= 0.6 is 0 Å². The topological polar surface area (TPSA) is 21.3 Å². The van der Waals surface area contributed by atoms with E-state index >= 15 is 0 Å². The molecule has 2 aromatic rings. The third-order valence-electron chi connectivity index (χ3n) is 4.51. The summed E-state index contributed by atoms with van der Waals surface area (Å²) >= 11 is 0. The van der Waals surface area contributed by atoms with Crippen LogP contribution in [0.4, 0.5) is 0 Å². The molecule has 0 spiro atoms. The van der Waals surface area contributed by atoms with E-state index in [0.29, 0.717) is 0 Å². The van der Waals surface area contributed by atoms with Gasteiger partial charge in [0.05, 0.1) is 13.2 Å². The molecule has 0 radical (unpaired) electrons. The number of fused-ring (bicyclic) bond motifs is 1. The molecule has 1 aliphatic carbocycles. The minimum absolute atomic E-state index is 0.213. The summed E-state index contributed by atoms with van der Waals surface area (Å²) in [6, 6.07) is 13.6. The van der Waals surface area contributed by atoms with Gasteiger partial charge in [-0.1, -0.05) is 30.3 Å². The van der Waals surface area contributed by atoms with Crippen LogP contribution in [-0.4, -0.2) is 14.2 Å². The Hall–Kier alpha value is -1.80. The summed E-state index contributed by atoms with van der Waals surface area (Å²) in [5.74, 6) is 0.953. The third kappa shape index (κ3) is 2.68. The zero-order valence-electron chi connectivity index (χ0n) is 13.1. The number of hydrogen-bond donors (Lipinski definition) is 1. The van der Waals surface area contributed by atoms with Gasteiger partial charge in [0.25, 0.3) is 0 Å². The molecule has 0 heterocycles. The van der Waals surface area contributed by atoms with Gasteiger partial charge in [-0.25, -0.2) is 0 Å². The lowest BCUT2D eigenvalue weighted by Crippen LogP contribution is -2.18. The van der Waals surface area contributed by atoms with Gasteiger partial charge in [-0.2, -0.15) is 0 Å². The number of rotatable bonds is 4. The van der Waals surface area contributed by atoms with E-state index < -0.39 is 0 Å². The summed E-state index contributed by atoms with van der Waals surface area (Å²) in [5, 5.41) is 3.44. The van der Waals surface area contributed by atoms with Crippen LogP contribution in [0, 0.1) is 6.92 Å². The first-order valence-electron chi connectivity index (χ1n) is 7.66. The average molecular weight is 281 g/mol. The highest BCUT2D eigenvalue weighted by atomic mass is 16.5. The van der Waals surface area contributed by atoms with E-state index in [0.717, 1.165) is 5.75 Å². The lowest BCUT2D eigenvalue weighted by Gasteiger charge is -2.19. The summed E-state index contributed by atoms with van der Waals surface area (Å²) in [6.45, 7) is 2.08. The van der Waals surface area contributed by atoms with Crippen LogP contribution in [-0.2, 0) is 12.8 Å². The molecule has 0 aliphatic heterocycles. The monoisotopic (exact) mass is 281 g/mol. The van der Waals surface area contributed by atoms with Gasteiger partial charge < -0.3 is 10.1 Å². The molecule has 110 valence electrons. The fraction of sp³-hybridized carbons (Fsp3) is 0.368. The molecular weight excluding hydrogens is 258 g/mol. The Balaban J connectivity index is 1.98. The number of ether oxygens (including phenoxy) is 1. The Morgan fingerprint density at radius 2 is 1.71 bits per heavy atom. The molecule has 3 rings (SSSR count). The summed E-state index contributed by atoms with van der Waals surface area (Å²) in [7, 11) is 3.75. The standard InChI is InChI=1S/C19H23NO/c1-13-7-8-17(12-18(13)21-3)19(20-2)16-10-9-14-5-4-6-15(14)11-16/h7-12,19-20H,4-6H2,1-3H3. The predicted molar refractivity (Wildman–Crippen MR) is 87.1 cm³/mol. The quantitative estimate of drug-likeness (QED) is 0.920. The number of nitrogens with one attached hydrogen (secondary N) is 1. The Morgan fingerprint density at radius 1 is 1.00 bits per heavy atom. The predicted octanol–water partition coefficient (Wildman–Crippen LogP) is 3.80. The van der Waals surface area contributed by atoms with Crippen LogP contribution < -0.4 is 10.1 Å². The highest BCUT2D eigenvalue weighted by Gasteiger charge is 2.17. The molecule has 0 bridgehead atoms. The van der Waals surface area contributed by atoms with E-state index in [9.17, 15) is 0 Å². The Bertz CT molecular complexity index is 637. The minimum Gasteiger partial charge on any atom is -0.496 e. The molecule has 0 fully saturated rings. The van der Waals surface area contributed by atoms with Crippen LogP contribution in [0.1, 0.15) is 40.3 Å². The molecule has 1 N–H and O–H groups in total. The number of aryl methyl sites for hydroxylation is 3. The molecule has 0 saturated heterocycles. The molecule has 1 aliphatic rings. The first-order chi connectivity index (χ1) is 10.2. The van der Waals surface area contributed by atoms with Crippen molar-refractivity contribution < 1.29 is 4.74 Å². The van der Waals surface area contributed by atoms with Crippen LogP contribution in [0.3, 0.4) is 0 Å². The highest BCUT2D eigenvalue weighted by Crippen LogP contribution is 2.30. The van der Waals surface area contributed by atoms with Gasteiger partial charge in [-0.15, -0.1) is 0 Å². The lowest BCUT2D eigenvalue weighted by molar-refractivity contribution is 0.410. The molecule has 21 heavy (non-hydrogen) atoms. The van der Waals surface area contributed by atoms with E-state index in [2.05, 4.69) is 48.6 Å². The second-order valence-electron chi connectivity index (χ2n) is 5.83. The summed E-state index contributed by atoms with van der Waals surface area (Å²) < 4.78 is 5.46. The van der Waals surface area contributed by atoms with Gasteiger partial charge in [-0.3, -0.25) is 0 Å². The molecule has 1 atom stereocenters. The average Bonchev–Trinajstić information content (AvgIpc) is 2.97. The zero-order chi connectivity index (χ0) is 14.8. The van der Waals surface area contributed by atoms with E-state index in [1.807, 2.05) is 7.05 Å². The maximum atomic E-state index is 5.46. The van der Waals surface area contributed by atoms with Crippen molar-refractivity contribution in [2.24, 2.45) is 0 Å². The normalized spacial score (nSPS) is 14.8. The Morgan fingerprint density at radius 3 is 2.48 bits per heavy atom. The van der Waals surface area contributed by atoms with Gasteiger partial charge in [0.2, 0.25) is 0 Å². The van der Waals surface area contributed by atoms with Crippen molar-refractivity contribution in [3.05, 3.63) is 64.2 Å². The molecule has 0 aromatic heterocycles. The van der Waals surface area contributed by atoms with Crippen molar-refractivity contribution in [2.75, 3.05) is 14.2 Å². The number of benzene rings is 2. The van der Waals surface area contributed by atoms with Crippen molar-refractivity contribution in [2.45, 2.75) is 32.2 Å². The van der Waals surface area contributed by atoms with Crippen LogP contribution in [0.5, 0.6) is 5.75 Å². The molecule has 2 heteroatoms. The maximum absolute atomic E-state index is 5.46. The van der Waals surface area contributed by atoms with Crippen molar-refractivity contribution in [3.63, 3.8) is 0 Å². The second-order valence-corrected chi connectivity index (χ2v) is 5.83. The van der Waals surface area contributed by atoms with Gasteiger partial charge in [0.15, 0.2) is 0 Å². The van der Waals surface area contributed by atoms with Gasteiger partial charge in [-0.05, 0) is 67.1 Å². The number of hydrogen-bond acceptors (Lipinski definition) is 2. The molecule has 2 aromatic carbocycles. The largest absolute Gasteiger partial charge is 0.496 e. The van der Waals surface area contributed by atoms with Crippen LogP contribution in [0.2, 0.25) is 0 Å². The fourth-order valence-electron chi connectivity index (χ4n) is 3.31. The molecular formula is C19H23NO. The Labute approximate surface area is 127 Å². The summed E-state index contributed by atoms with van der Waals surface area (Å²) in [6.07, 6.45) is 3.75. The maximum Gasteiger partial charge on any atom is 0.122 e. The smallest absolute Gasteiger partial charge is 0.122 e. The van der Waals surface area contributed by atoms with E-state index in [-0.39, 0.29) is 6.04 Å². The third-order valence-corrected chi connectivity index (χ3v) is 4.51. The Kier molecular flexibility index (Phi) is 3.98. The number of methoxy groups -OCH3 is 1. The second kappa shape index (κ2) is 5.90.